The van der Waals surface area contributed by atoms with E-state index in [4.69, 9.17) is 5.73 Å². The largest absolute Gasteiger partial charge is 0.344 e. The van der Waals surface area contributed by atoms with Crippen molar-refractivity contribution < 1.29 is 4.79 Å². The minimum atomic E-state index is -0.443. The first-order chi connectivity index (χ1) is 9.56. The van der Waals surface area contributed by atoms with Crippen LogP contribution in [-0.2, 0) is 11.2 Å². The average Bonchev–Trinajstić information content (AvgIpc) is 2.84. The van der Waals surface area contributed by atoms with Gasteiger partial charge in [0.1, 0.15) is 0 Å². The lowest BCUT2D eigenvalue weighted by molar-refractivity contribution is -0.131. The van der Waals surface area contributed by atoms with Crippen molar-refractivity contribution in [1.29, 1.82) is 0 Å². The minimum Gasteiger partial charge on any atom is -0.344 e. The van der Waals surface area contributed by atoms with Gasteiger partial charge in [0.25, 0.3) is 0 Å². The van der Waals surface area contributed by atoms with E-state index in [1.165, 1.54) is 6.42 Å². The third-order valence-corrected chi connectivity index (χ3v) is 4.01. The second kappa shape index (κ2) is 6.86. The first kappa shape index (κ1) is 15.0. The summed E-state index contributed by atoms with van der Waals surface area (Å²) in [6.45, 7) is 3.01. The van der Waals surface area contributed by atoms with E-state index in [0.717, 1.165) is 25.2 Å². The molecule has 1 heterocycles. The zero-order valence-corrected chi connectivity index (χ0v) is 12.5. The molecule has 20 heavy (non-hydrogen) atoms. The third-order valence-electron chi connectivity index (χ3n) is 4.01. The van der Waals surface area contributed by atoms with Crippen LogP contribution in [0.2, 0.25) is 0 Å². The fraction of sp³-hybridized carbons (Fsp3) is 0.562. The number of nitrogens with zero attached hydrogens (tertiary/aromatic N) is 2. The van der Waals surface area contributed by atoms with Gasteiger partial charge in [-0.25, -0.2) is 0 Å². The number of carbonyl (C=O) groups is 1. The van der Waals surface area contributed by atoms with Crippen LogP contribution < -0.4 is 5.73 Å². The van der Waals surface area contributed by atoms with Crippen molar-refractivity contribution in [2.24, 2.45) is 11.7 Å². The monoisotopic (exact) mass is 275 g/mol. The molecule has 0 radical (unpaired) electrons. The molecular weight excluding hydrogens is 250 g/mol. The number of benzene rings is 1. The van der Waals surface area contributed by atoms with Gasteiger partial charge in [-0.2, -0.15) is 0 Å². The van der Waals surface area contributed by atoms with Crippen LogP contribution in [0, 0.1) is 5.92 Å². The van der Waals surface area contributed by atoms with Crippen molar-refractivity contribution in [3.05, 3.63) is 35.9 Å². The second-order valence-corrected chi connectivity index (χ2v) is 5.93. The number of rotatable bonds is 5. The van der Waals surface area contributed by atoms with Crippen LogP contribution in [-0.4, -0.2) is 55.5 Å². The number of likely N-dealkylation sites (N-methyl/N-ethyl adjacent to an activating group) is 1. The fourth-order valence-electron chi connectivity index (χ4n) is 2.89. The van der Waals surface area contributed by atoms with Crippen molar-refractivity contribution >= 4 is 5.91 Å². The van der Waals surface area contributed by atoms with Crippen LogP contribution in [0.1, 0.15) is 12.0 Å². The highest BCUT2D eigenvalue weighted by Gasteiger charge is 2.25. The Morgan fingerprint density at radius 2 is 2.15 bits per heavy atom. The van der Waals surface area contributed by atoms with Gasteiger partial charge in [-0.3, -0.25) is 4.79 Å². The number of carbonyl (C=O) groups excluding carboxylic acids is 1. The molecule has 110 valence electrons. The maximum Gasteiger partial charge on any atom is 0.239 e. The van der Waals surface area contributed by atoms with E-state index in [9.17, 15) is 4.79 Å². The van der Waals surface area contributed by atoms with Crippen LogP contribution in [0.3, 0.4) is 0 Å². The summed E-state index contributed by atoms with van der Waals surface area (Å²) < 4.78 is 0. The number of amides is 1. The summed E-state index contributed by atoms with van der Waals surface area (Å²) in [5.41, 5.74) is 7.16. The first-order valence-corrected chi connectivity index (χ1v) is 7.29. The average molecular weight is 275 g/mol. The summed E-state index contributed by atoms with van der Waals surface area (Å²) in [4.78, 5) is 16.4. The molecule has 1 unspecified atom stereocenters. The van der Waals surface area contributed by atoms with Crippen molar-refractivity contribution in [3.8, 4) is 0 Å². The van der Waals surface area contributed by atoms with Gasteiger partial charge in [0.05, 0.1) is 6.04 Å². The Labute approximate surface area is 121 Å². The fourth-order valence-corrected chi connectivity index (χ4v) is 2.89. The molecule has 1 aromatic carbocycles. The Morgan fingerprint density at radius 1 is 1.45 bits per heavy atom. The zero-order valence-electron chi connectivity index (χ0n) is 12.5. The van der Waals surface area contributed by atoms with Gasteiger partial charge >= 0.3 is 0 Å². The van der Waals surface area contributed by atoms with Gasteiger partial charge in [-0.1, -0.05) is 30.3 Å². The van der Waals surface area contributed by atoms with Crippen LogP contribution in [0.15, 0.2) is 30.3 Å². The Kier molecular flexibility index (Phi) is 5.15. The minimum absolute atomic E-state index is 0.0448. The Morgan fingerprint density at radius 3 is 2.75 bits per heavy atom. The van der Waals surface area contributed by atoms with E-state index in [0.29, 0.717) is 12.3 Å². The van der Waals surface area contributed by atoms with Gasteiger partial charge in [-0.15, -0.1) is 0 Å². The van der Waals surface area contributed by atoms with E-state index in [-0.39, 0.29) is 5.91 Å². The topological polar surface area (TPSA) is 49.6 Å². The van der Waals surface area contributed by atoms with E-state index < -0.39 is 6.04 Å². The number of hydrogen-bond donors (Lipinski definition) is 1. The molecule has 1 aromatic rings. The molecule has 2 rings (SSSR count). The SMILES string of the molecule is CN1CCC(CN(C)C(=O)[C@H](N)Cc2ccccc2)C1. The predicted octanol–water partition coefficient (Wildman–Crippen LogP) is 0.967. The summed E-state index contributed by atoms with van der Waals surface area (Å²) >= 11 is 0. The van der Waals surface area contributed by atoms with Crippen LogP contribution in [0.5, 0.6) is 0 Å². The van der Waals surface area contributed by atoms with Gasteiger partial charge in [-0.05, 0) is 37.9 Å². The Hall–Kier alpha value is -1.39. The maximum atomic E-state index is 12.3. The molecule has 0 aromatic heterocycles. The molecule has 1 aliphatic rings. The highest BCUT2D eigenvalue weighted by atomic mass is 16.2. The third kappa shape index (κ3) is 4.05. The smallest absolute Gasteiger partial charge is 0.239 e. The summed E-state index contributed by atoms with van der Waals surface area (Å²) in [5.74, 6) is 0.626. The van der Waals surface area contributed by atoms with Crippen molar-refractivity contribution in [3.63, 3.8) is 0 Å². The predicted molar refractivity (Wildman–Crippen MR) is 81.4 cm³/mol. The molecule has 0 aliphatic carbocycles. The molecule has 0 bridgehead atoms. The number of nitrogens with two attached hydrogens (primary N) is 1. The summed E-state index contributed by atoms with van der Waals surface area (Å²) in [5, 5.41) is 0. The molecule has 2 atom stereocenters. The number of hydrogen-bond acceptors (Lipinski definition) is 3. The van der Waals surface area contributed by atoms with Crippen molar-refractivity contribution in [2.75, 3.05) is 33.7 Å². The molecular formula is C16H25N3O. The zero-order chi connectivity index (χ0) is 14.5. The molecule has 1 fully saturated rings. The summed E-state index contributed by atoms with van der Waals surface area (Å²) in [6, 6.07) is 9.51. The lowest BCUT2D eigenvalue weighted by Gasteiger charge is -2.24. The molecule has 1 amide bonds. The first-order valence-electron chi connectivity index (χ1n) is 7.29. The molecule has 0 spiro atoms. The standard InChI is InChI=1S/C16H25N3O/c1-18-9-8-14(11-18)12-19(2)16(20)15(17)10-13-6-4-3-5-7-13/h3-7,14-15H,8-12,17H2,1-2H3/t14?,15-/m1/s1. The summed E-state index contributed by atoms with van der Waals surface area (Å²) in [6.07, 6.45) is 1.77. The summed E-state index contributed by atoms with van der Waals surface area (Å²) in [7, 11) is 3.99. The normalized spacial score (nSPS) is 20.9. The Bertz CT molecular complexity index is 435. The highest BCUT2D eigenvalue weighted by Crippen LogP contribution is 2.15. The van der Waals surface area contributed by atoms with Crippen molar-refractivity contribution in [1.82, 2.24) is 9.80 Å². The van der Waals surface area contributed by atoms with Crippen molar-refractivity contribution in [2.45, 2.75) is 18.9 Å². The molecule has 1 aliphatic heterocycles. The quantitative estimate of drug-likeness (QED) is 0.871. The van der Waals surface area contributed by atoms with Crippen LogP contribution in [0.25, 0.3) is 0 Å². The molecule has 4 heteroatoms. The van der Waals surface area contributed by atoms with Gasteiger partial charge < -0.3 is 15.5 Å². The lowest BCUT2D eigenvalue weighted by Crippen LogP contribution is -2.45. The highest BCUT2D eigenvalue weighted by molar-refractivity contribution is 5.81. The van der Waals surface area contributed by atoms with Gasteiger partial charge in [0.15, 0.2) is 0 Å². The van der Waals surface area contributed by atoms with Crippen LogP contribution >= 0.6 is 0 Å². The van der Waals surface area contributed by atoms with E-state index in [1.54, 1.807) is 4.90 Å². The van der Waals surface area contributed by atoms with E-state index in [1.807, 2.05) is 37.4 Å². The Balaban J connectivity index is 1.83. The molecule has 2 N–H and O–H groups in total. The number of likely N-dealkylation sites (tertiary alicyclic amines) is 1. The second-order valence-electron chi connectivity index (χ2n) is 5.93. The molecule has 0 saturated carbocycles. The van der Waals surface area contributed by atoms with Gasteiger partial charge in [0.2, 0.25) is 5.91 Å². The van der Waals surface area contributed by atoms with E-state index in [2.05, 4.69) is 11.9 Å². The van der Waals surface area contributed by atoms with Crippen LogP contribution in [0.4, 0.5) is 0 Å². The van der Waals surface area contributed by atoms with E-state index >= 15 is 0 Å². The lowest BCUT2D eigenvalue weighted by atomic mass is 10.0. The molecule has 1 saturated heterocycles. The maximum absolute atomic E-state index is 12.3. The van der Waals surface area contributed by atoms with Gasteiger partial charge in [0, 0.05) is 20.1 Å². The molecule has 4 nitrogen and oxygen atoms in total.